The van der Waals surface area contributed by atoms with Crippen molar-refractivity contribution in [2.75, 3.05) is 7.11 Å². The van der Waals surface area contributed by atoms with Crippen LogP contribution in [0.5, 0.6) is 5.75 Å². The first-order valence-electron chi connectivity index (χ1n) is 4.39. The maximum Gasteiger partial charge on any atom is 0.142 e. The lowest BCUT2D eigenvalue weighted by atomic mass is 10.3. The van der Waals surface area contributed by atoms with Crippen molar-refractivity contribution in [3.63, 3.8) is 0 Å². The summed E-state index contributed by atoms with van der Waals surface area (Å²) in [4.78, 5) is 0. The van der Waals surface area contributed by atoms with Gasteiger partial charge in [0, 0.05) is 11.2 Å². The number of methoxy groups -OCH3 is 1. The zero-order valence-electron chi connectivity index (χ0n) is 8.08. The van der Waals surface area contributed by atoms with Crippen molar-refractivity contribution in [1.29, 1.82) is 0 Å². The molecule has 0 bridgehead atoms. The van der Waals surface area contributed by atoms with Crippen molar-refractivity contribution in [3.05, 3.63) is 46.7 Å². The van der Waals surface area contributed by atoms with Gasteiger partial charge in [-0.2, -0.15) is 0 Å². The quantitative estimate of drug-likeness (QED) is 0.781. The molecule has 0 aliphatic rings. The fourth-order valence-corrected chi connectivity index (χ4v) is 1.79. The summed E-state index contributed by atoms with van der Waals surface area (Å²) in [5, 5.41) is 1.27. The van der Waals surface area contributed by atoms with Gasteiger partial charge in [0.05, 0.1) is 12.8 Å². The summed E-state index contributed by atoms with van der Waals surface area (Å²) >= 11 is 12.0. The Bertz CT molecular complexity index is 479. The molecule has 1 aromatic carbocycles. The average molecular weight is 242 g/mol. The Hall–Kier alpha value is -1.12. The van der Waals surface area contributed by atoms with E-state index in [1.165, 1.54) is 0 Å². The maximum atomic E-state index is 6.02. The van der Waals surface area contributed by atoms with E-state index in [9.17, 15) is 0 Å². The van der Waals surface area contributed by atoms with Gasteiger partial charge >= 0.3 is 0 Å². The lowest BCUT2D eigenvalue weighted by Gasteiger charge is -2.10. The van der Waals surface area contributed by atoms with Crippen LogP contribution in [-0.2, 0) is 0 Å². The number of hydrogen-bond acceptors (Lipinski definition) is 1. The van der Waals surface area contributed by atoms with Crippen LogP contribution in [0.1, 0.15) is 0 Å². The molecule has 2 rings (SSSR count). The lowest BCUT2D eigenvalue weighted by molar-refractivity contribution is 0.413. The minimum atomic E-state index is 0.621. The standard InChI is InChI=1S/C11H9Cl2NO/c1-15-10-5-4-8(12)7-9(10)14-6-2-3-11(14)13/h2-7H,1H3. The molecular weight excluding hydrogens is 233 g/mol. The third-order valence-electron chi connectivity index (χ3n) is 2.10. The molecule has 0 aliphatic heterocycles. The van der Waals surface area contributed by atoms with E-state index in [2.05, 4.69) is 0 Å². The summed E-state index contributed by atoms with van der Waals surface area (Å²) in [6, 6.07) is 9.08. The molecule has 1 aromatic heterocycles. The fraction of sp³-hybridized carbons (Fsp3) is 0.0909. The molecule has 0 saturated carbocycles. The van der Waals surface area contributed by atoms with Gasteiger partial charge in [-0.25, -0.2) is 0 Å². The molecule has 0 radical (unpaired) electrons. The highest BCUT2D eigenvalue weighted by Crippen LogP contribution is 2.28. The number of hydrogen-bond donors (Lipinski definition) is 0. The number of rotatable bonds is 2. The molecule has 0 unspecified atom stereocenters. The fourth-order valence-electron chi connectivity index (χ4n) is 1.41. The molecular formula is C11H9Cl2NO. The van der Waals surface area contributed by atoms with Crippen LogP contribution >= 0.6 is 23.2 Å². The predicted molar refractivity (Wildman–Crippen MR) is 62.3 cm³/mol. The minimum Gasteiger partial charge on any atom is -0.495 e. The number of aromatic nitrogens is 1. The smallest absolute Gasteiger partial charge is 0.142 e. The van der Waals surface area contributed by atoms with Gasteiger partial charge in [0.2, 0.25) is 0 Å². The zero-order chi connectivity index (χ0) is 10.8. The van der Waals surface area contributed by atoms with Crippen molar-refractivity contribution in [2.24, 2.45) is 0 Å². The van der Waals surface area contributed by atoms with E-state index in [0.717, 1.165) is 11.4 Å². The van der Waals surface area contributed by atoms with E-state index in [1.807, 2.05) is 35.0 Å². The number of halogens is 2. The van der Waals surface area contributed by atoms with Crippen LogP contribution < -0.4 is 4.74 Å². The summed E-state index contributed by atoms with van der Waals surface area (Å²) in [6.07, 6.45) is 1.86. The molecule has 15 heavy (non-hydrogen) atoms. The first-order valence-corrected chi connectivity index (χ1v) is 5.15. The van der Waals surface area contributed by atoms with Crippen LogP contribution in [0.25, 0.3) is 5.69 Å². The Morgan fingerprint density at radius 3 is 2.60 bits per heavy atom. The average Bonchev–Trinajstić information content (AvgIpc) is 2.64. The molecule has 4 heteroatoms. The van der Waals surface area contributed by atoms with Crippen LogP contribution in [0.15, 0.2) is 36.5 Å². The molecule has 0 N–H and O–H groups in total. The highest BCUT2D eigenvalue weighted by molar-refractivity contribution is 6.31. The Morgan fingerprint density at radius 1 is 1.20 bits per heavy atom. The second-order valence-corrected chi connectivity index (χ2v) is 3.84. The van der Waals surface area contributed by atoms with E-state index in [4.69, 9.17) is 27.9 Å². The second-order valence-electron chi connectivity index (χ2n) is 3.02. The maximum absolute atomic E-state index is 6.02. The molecule has 0 amide bonds. The van der Waals surface area contributed by atoms with Crippen molar-refractivity contribution in [1.82, 2.24) is 4.57 Å². The zero-order valence-corrected chi connectivity index (χ0v) is 9.59. The summed E-state index contributed by atoms with van der Waals surface area (Å²) in [6.45, 7) is 0. The molecule has 0 fully saturated rings. The van der Waals surface area contributed by atoms with Crippen LogP contribution in [0.4, 0.5) is 0 Å². The number of ether oxygens (including phenoxy) is 1. The van der Waals surface area contributed by atoms with Gasteiger partial charge in [-0.1, -0.05) is 23.2 Å². The molecule has 0 spiro atoms. The lowest BCUT2D eigenvalue weighted by Crippen LogP contribution is -1.96. The molecule has 0 atom stereocenters. The van der Waals surface area contributed by atoms with Crippen molar-refractivity contribution in [2.45, 2.75) is 0 Å². The van der Waals surface area contributed by atoms with Crippen LogP contribution in [0.2, 0.25) is 10.2 Å². The van der Waals surface area contributed by atoms with Gasteiger partial charge in [0.1, 0.15) is 10.9 Å². The van der Waals surface area contributed by atoms with Gasteiger partial charge < -0.3 is 9.30 Å². The van der Waals surface area contributed by atoms with Crippen LogP contribution in [0.3, 0.4) is 0 Å². The highest BCUT2D eigenvalue weighted by Gasteiger charge is 2.07. The second kappa shape index (κ2) is 4.17. The predicted octanol–water partition coefficient (Wildman–Crippen LogP) is 3.79. The van der Waals surface area contributed by atoms with Crippen LogP contribution in [-0.4, -0.2) is 11.7 Å². The molecule has 2 nitrogen and oxygen atoms in total. The van der Waals surface area contributed by atoms with Gasteiger partial charge in [0.15, 0.2) is 0 Å². The van der Waals surface area contributed by atoms with E-state index >= 15 is 0 Å². The molecule has 78 valence electrons. The summed E-state index contributed by atoms with van der Waals surface area (Å²) in [5.74, 6) is 0.734. The minimum absolute atomic E-state index is 0.621. The highest BCUT2D eigenvalue weighted by atomic mass is 35.5. The van der Waals surface area contributed by atoms with Crippen LogP contribution in [0, 0.1) is 0 Å². The van der Waals surface area contributed by atoms with E-state index < -0.39 is 0 Å². The normalized spacial score (nSPS) is 10.3. The van der Waals surface area contributed by atoms with Crippen molar-refractivity contribution in [3.8, 4) is 11.4 Å². The molecule has 0 aliphatic carbocycles. The SMILES string of the molecule is COc1ccc(Cl)cc1-n1cccc1Cl. The summed E-state index contributed by atoms with van der Waals surface area (Å²) < 4.78 is 7.05. The Kier molecular flexibility index (Phi) is 2.89. The van der Waals surface area contributed by atoms with E-state index in [0.29, 0.717) is 10.2 Å². The van der Waals surface area contributed by atoms with E-state index in [1.54, 1.807) is 13.2 Å². The largest absolute Gasteiger partial charge is 0.495 e. The third kappa shape index (κ3) is 1.96. The van der Waals surface area contributed by atoms with Gasteiger partial charge in [-0.05, 0) is 30.3 Å². The van der Waals surface area contributed by atoms with Crippen molar-refractivity contribution < 1.29 is 4.74 Å². The number of nitrogens with zero attached hydrogens (tertiary/aromatic N) is 1. The Morgan fingerprint density at radius 2 is 2.00 bits per heavy atom. The van der Waals surface area contributed by atoms with Gasteiger partial charge in [-0.15, -0.1) is 0 Å². The number of benzene rings is 1. The molecule has 1 heterocycles. The summed E-state index contributed by atoms with van der Waals surface area (Å²) in [5.41, 5.74) is 0.833. The summed E-state index contributed by atoms with van der Waals surface area (Å²) in [7, 11) is 1.62. The first kappa shape index (κ1) is 10.4. The first-order chi connectivity index (χ1) is 7.22. The molecule has 0 saturated heterocycles. The third-order valence-corrected chi connectivity index (χ3v) is 2.64. The Labute approximate surface area is 98.0 Å². The van der Waals surface area contributed by atoms with Crippen molar-refractivity contribution >= 4 is 23.2 Å². The van der Waals surface area contributed by atoms with E-state index in [-0.39, 0.29) is 0 Å². The molecule has 2 aromatic rings. The van der Waals surface area contributed by atoms with Gasteiger partial charge in [-0.3, -0.25) is 0 Å². The topological polar surface area (TPSA) is 14.2 Å². The van der Waals surface area contributed by atoms with Gasteiger partial charge in [0.25, 0.3) is 0 Å². The monoisotopic (exact) mass is 241 g/mol. The Balaban J connectivity index is 2.60.